The van der Waals surface area contributed by atoms with E-state index in [4.69, 9.17) is 9.47 Å². The molecule has 3 aliphatic rings. The van der Waals surface area contributed by atoms with Crippen molar-refractivity contribution >= 4 is 11.6 Å². The van der Waals surface area contributed by atoms with E-state index in [0.29, 0.717) is 13.2 Å². The Hall–Kier alpha value is -0.740. The molecular weight excluding hydrogens is 220 g/mol. The third-order valence-electron chi connectivity index (χ3n) is 4.35. The highest BCUT2D eigenvalue weighted by atomic mass is 16.7. The standard InChI is InChI=1S/C13H18O4/c14-10-3-1-2-9(10)13(15)8-4-5-11-12(6-8)17-7-16-11/h8-9,11-12H,1-7H2. The van der Waals surface area contributed by atoms with Crippen molar-refractivity contribution in [2.45, 2.75) is 50.7 Å². The molecule has 0 aromatic rings. The van der Waals surface area contributed by atoms with E-state index in [1.165, 1.54) is 0 Å². The minimum absolute atomic E-state index is 0.0185. The van der Waals surface area contributed by atoms with E-state index in [1.54, 1.807) is 0 Å². The number of ketones is 2. The SMILES string of the molecule is O=C1CCCC1C(=O)C1CCC2OCOC2C1. The summed E-state index contributed by atoms with van der Waals surface area (Å²) in [6.45, 7) is 0.360. The first-order valence-electron chi connectivity index (χ1n) is 6.55. The maximum atomic E-state index is 12.3. The van der Waals surface area contributed by atoms with Crippen LogP contribution in [0.2, 0.25) is 0 Å². The molecule has 1 aliphatic heterocycles. The van der Waals surface area contributed by atoms with Crippen LogP contribution < -0.4 is 0 Å². The lowest BCUT2D eigenvalue weighted by Crippen LogP contribution is -2.37. The minimum Gasteiger partial charge on any atom is -0.349 e. The van der Waals surface area contributed by atoms with Crippen LogP contribution in [0.15, 0.2) is 0 Å². The fourth-order valence-corrected chi connectivity index (χ4v) is 3.34. The molecule has 2 aliphatic carbocycles. The van der Waals surface area contributed by atoms with Gasteiger partial charge >= 0.3 is 0 Å². The predicted molar refractivity (Wildman–Crippen MR) is 59.3 cm³/mol. The normalized spacial score (nSPS) is 41.5. The molecule has 94 valence electrons. The van der Waals surface area contributed by atoms with Crippen LogP contribution in [0.1, 0.15) is 38.5 Å². The van der Waals surface area contributed by atoms with Crippen LogP contribution in [0.3, 0.4) is 0 Å². The Balaban J connectivity index is 1.64. The van der Waals surface area contributed by atoms with E-state index in [0.717, 1.165) is 32.1 Å². The second kappa shape index (κ2) is 4.50. The van der Waals surface area contributed by atoms with E-state index in [2.05, 4.69) is 0 Å². The Kier molecular flexibility index (Phi) is 3.01. The van der Waals surface area contributed by atoms with Gasteiger partial charge in [0.15, 0.2) is 0 Å². The first-order valence-corrected chi connectivity index (χ1v) is 6.55. The van der Waals surface area contributed by atoms with E-state index in [1.807, 2.05) is 0 Å². The highest BCUT2D eigenvalue weighted by Gasteiger charge is 2.42. The van der Waals surface area contributed by atoms with Crippen LogP contribution in [0.4, 0.5) is 0 Å². The van der Waals surface area contributed by atoms with Gasteiger partial charge in [-0.25, -0.2) is 0 Å². The van der Waals surface area contributed by atoms with E-state index in [9.17, 15) is 9.59 Å². The number of hydrogen-bond acceptors (Lipinski definition) is 4. The zero-order valence-electron chi connectivity index (χ0n) is 9.89. The van der Waals surface area contributed by atoms with Gasteiger partial charge in [-0.05, 0) is 32.1 Å². The van der Waals surface area contributed by atoms with Gasteiger partial charge in [-0.2, -0.15) is 0 Å². The summed E-state index contributed by atoms with van der Waals surface area (Å²) in [4.78, 5) is 23.9. The van der Waals surface area contributed by atoms with Crippen LogP contribution in [0.25, 0.3) is 0 Å². The van der Waals surface area contributed by atoms with Crippen LogP contribution in [0, 0.1) is 11.8 Å². The van der Waals surface area contributed by atoms with Gasteiger partial charge in [-0.3, -0.25) is 9.59 Å². The molecule has 1 saturated heterocycles. The number of hydrogen-bond donors (Lipinski definition) is 0. The number of rotatable bonds is 2. The third-order valence-corrected chi connectivity index (χ3v) is 4.35. The summed E-state index contributed by atoms with van der Waals surface area (Å²) >= 11 is 0. The summed E-state index contributed by atoms with van der Waals surface area (Å²) in [5, 5.41) is 0. The van der Waals surface area contributed by atoms with Crippen molar-refractivity contribution in [3.05, 3.63) is 0 Å². The van der Waals surface area contributed by atoms with Gasteiger partial charge in [0.1, 0.15) is 18.4 Å². The van der Waals surface area contributed by atoms with Crippen LogP contribution in [-0.2, 0) is 19.1 Å². The van der Waals surface area contributed by atoms with E-state index >= 15 is 0 Å². The predicted octanol–water partition coefficient (Wildman–Crippen LogP) is 1.47. The highest BCUT2D eigenvalue weighted by molar-refractivity contribution is 6.04. The Bertz CT molecular complexity index is 338. The minimum atomic E-state index is -0.307. The van der Waals surface area contributed by atoms with E-state index < -0.39 is 0 Å². The van der Waals surface area contributed by atoms with Crippen molar-refractivity contribution in [2.75, 3.05) is 6.79 Å². The number of fused-ring (bicyclic) bond motifs is 1. The zero-order chi connectivity index (χ0) is 11.8. The van der Waals surface area contributed by atoms with Crippen LogP contribution in [-0.4, -0.2) is 30.6 Å². The van der Waals surface area contributed by atoms with Crippen molar-refractivity contribution in [3.8, 4) is 0 Å². The van der Waals surface area contributed by atoms with Crippen molar-refractivity contribution < 1.29 is 19.1 Å². The monoisotopic (exact) mass is 238 g/mol. The molecule has 3 fully saturated rings. The molecule has 1 heterocycles. The number of carbonyl (C=O) groups excluding carboxylic acids is 2. The van der Waals surface area contributed by atoms with Gasteiger partial charge in [0.05, 0.1) is 18.1 Å². The zero-order valence-corrected chi connectivity index (χ0v) is 9.89. The smallest absolute Gasteiger partial charge is 0.147 e. The van der Waals surface area contributed by atoms with Gasteiger partial charge in [0.25, 0.3) is 0 Å². The fourth-order valence-electron chi connectivity index (χ4n) is 3.34. The first-order chi connectivity index (χ1) is 8.25. The van der Waals surface area contributed by atoms with Crippen LogP contribution in [0.5, 0.6) is 0 Å². The molecule has 0 radical (unpaired) electrons. The molecule has 4 nitrogen and oxygen atoms in total. The lowest BCUT2D eigenvalue weighted by molar-refractivity contribution is -0.135. The molecule has 3 rings (SSSR count). The van der Waals surface area contributed by atoms with Gasteiger partial charge < -0.3 is 9.47 Å². The molecule has 4 heteroatoms. The molecular formula is C13H18O4. The highest BCUT2D eigenvalue weighted by Crippen LogP contribution is 2.36. The van der Waals surface area contributed by atoms with Crippen molar-refractivity contribution in [2.24, 2.45) is 11.8 Å². The Morgan fingerprint density at radius 2 is 1.94 bits per heavy atom. The maximum Gasteiger partial charge on any atom is 0.147 e. The summed E-state index contributed by atoms with van der Waals surface area (Å²) in [5.74, 6) is 0.0334. The lowest BCUT2D eigenvalue weighted by Gasteiger charge is -2.29. The molecule has 0 aromatic heterocycles. The van der Waals surface area contributed by atoms with Crippen molar-refractivity contribution in [3.63, 3.8) is 0 Å². The molecule has 0 aromatic carbocycles. The average Bonchev–Trinajstić information content (AvgIpc) is 2.95. The van der Waals surface area contributed by atoms with Crippen molar-refractivity contribution in [1.29, 1.82) is 0 Å². The Morgan fingerprint density at radius 3 is 2.71 bits per heavy atom. The molecule has 4 unspecified atom stereocenters. The lowest BCUT2D eigenvalue weighted by atomic mass is 9.78. The maximum absolute atomic E-state index is 12.3. The van der Waals surface area contributed by atoms with Gasteiger partial charge in [0.2, 0.25) is 0 Å². The summed E-state index contributed by atoms with van der Waals surface area (Å²) in [6, 6.07) is 0. The summed E-state index contributed by atoms with van der Waals surface area (Å²) in [6.07, 6.45) is 4.98. The molecule has 0 amide bonds. The topological polar surface area (TPSA) is 52.6 Å². The van der Waals surface area contributed by atoms with Crippen LogP contribution >= 0.6 is 0 Å². The molecule has 17 heavy (non-hydrogen) atoms. The first kappa shape index (κ1) is 11.4. The Labute approximate surface area is 101 Å². The molecule has 0 N–H and O–H groups in total. The number of carbonyl (C=O) groups is 2. The summed E-state index contributed by atoms with van der Waals surface area (Å²) < 4.78 is 10.9. The summed E-state index contributed by atoms with van der Waals surface area (Å²) in [5.41, 5.74) is 0. The summed E-state index contributed by atoms with van der Waals surface area (Å²) in [7, 11) is 0. The van der Waals surface area contributed by atoms with E-state index in [-0.39, 0.29) is 35.6 Å². The Morgan fingerprint density at radius 1 is 1.12 bits per heavy atom. The second-order valence-electron chi connectivity index (χ2n) is 5.35. The molecule has 0 bridgehead atoms. The average molecular weight is 238 g/mol. The van der Waals surface area contributed by atoms with Crippen molar-refractivity contribution in [1.82, 2.24) is 0 Å². The van der Waals surface area contributed by atoms with Gasteiger partial charge in [0, 0.05) is 12.3 Å². The molecule has 2 saturated carbocycles. The van der Waals surface area contributed by atoms with Gasteiger partial charge in [-0.1, -0.05) is 0 Å². The largest absolute Gasteiger partial charge is 0.349 e. The number of ether oxygens (including phenoxy) is 2. The van der Waals surface area contributed by atoms with Gasteiger partial charge in [-0.15, -0.1) is 0 Å². The second-order valence-corrected chi connectivity index (χ2v) is 5.35. The molecule has 4 atom stereocenters. The molecule has 0 spiro atoms. The quantitative estimate of drug-likeness (QED) is 0.683. The third kappa shape index (κ3) is 2.04. The number of Topliss-reactive ketones (excluding diaryl/α,β-unsaturated/α-hetero) is 2. The fraction of sp³-hybridized carbons (Fsp3) is 0.846.